The molecule has 0 unspecified atom stereocenters. The van der Waals surface area contributed by atoms with Gasteiger partial charge in [-0.3, -0.25) is 0 Å². The monoisotopic (exact) mass is 184 g/mol. The third kappa shape index (κ3) is 3.28. The van der Waals surface area contributed by atoms with Gasteiger partial charge in [0.05, 0.1) is 0 Å². The van der Waals surface area contributed by atoms with Crippen LogP contribution >= 0.6 is 0 Å². The Labute approximate surface area is 82.3 Å². The lowest BCUT2D eigenvalue weighted by Crippen LogP contribution is -2.35. The first-order chi connectivity index (χ1) is 6.33. The van der Waals surface area contributed by atoms with E-state index >= 15 is 0 Å². The molecule has 1 aliphatic rings. The summed E-state index contributed by atoms with van der Waals surface area (Å²) in [5.41, 5.74) is 6.38. The highest BCUT2D eigenvalue weighted by Crippen LogP contribution is 2.37. The van der Waals surface area contributed by atoms with Crippen molar-refractivity contribution in [2.75, 3.05) is 19.6 Å². The lowest BCUT2D eigenvalue weighted by molar-refractivity contribution is 0.181. The fourth-order valence-corrected chi connectivity index (χ4v) is 2.39. The Morgan fingerprint density at radius 3 is 2.46 bits per heavy atom. The number of nitrogens with two attached hydrogens (primary N) is 1. The molecule has 0 aromatic carbocycles. The van der Waals surface area contributed by atoms with Crippen LogP contribution in [0.1, 0.15) is 45.4 Å². The standard InChI is InChI=1S/C11H24N2/c1-2-13-9-8-11(10-12)6-4-3-5-7-11/h13H,2-10,12H2,1H3. The van der Waals surface area contributed by atoms with Gasteiger partial charge in [-0.1, -0.05) is 26.2 Å². The van der Waals surface area contributed by atoms with Gasteiger partial charge < -0.3 is 11.1 Å². The Hall–Kier alpha value is -0.0800. The van der Waals surface area contributed by atoms with Crippen molar-refractivity contribution in [3.05, 3.63) is 0 Å². The normalized spacial score (nSPS) is 21.7. The van der Waals surface area contributed by atoms with E-state index in [1.54, 1.807) is 0 Å². The number of nitrogens with one attached hydrogen (secondary N) is 1. The molecule has 0 spiro atoms. The van der Waals surface area contributed by atoms with Crippen molar-refractivity contribution in [2.24, 2.45) is 11.1 Å². The van der Waals surface area contributed by atoms with Crippen LogP contribution in [-0.2, 0) is 0 Å². The minimum Gasteiger partial charge on any atom is -0.330 e. The van der Waals surface area contributed by atoms with Crippen molar-refractivity contribution in [3.63, 3.8) is 0 Å². The summed E-state index contributed by atoms with van der Waals surface area (Å²) in [4.78, 5) is 0. The van der Waals surface area contributed by atoms with Gasteiger partial charge in [0, 0.05) is 0 Å². The summed E-state index contributed by atoms with van der Waals surface area (Å²) in [6, 6.07) is 0. The molecule has 0 radical (unpaired) electrons. The van der Waals surface area contributed by atoms with Crippen molar-refractivity contribution in [1.29, 1.82) is 0 Å². The zero-order valence-electron chi connectivity index (χ0n) is 8.94. The summed E-state index contributed by atoms with van der Waals surface area (Å²) >= 11 is 0. The zero-order chi connectivity index (χ0) is 9.57. The van der Waals surface area contributed by atoms with Crippen LogP contribution in [0.15, 0.2) is 0 Å². The molecule has 0 aliphatic heterocycles. The average Bonchev–Trinajstić information content (AvgIpc) is 2.20. The van der Waals surface area contributed by atoms with Gasteiger partial charge >= 0.3 is 0 Å². The summed E-state index contributed by atoms with van der Waals surface area (Å²) in [5.74, 6) is 0. The predicted octanol–water partition coefficient (Wildman–Crippen LogP) is 1.90. The van der Waals surface area contributed by atoms with Gasteiger partial charge in [0.1, 0.15) is 0 Å². The summed E-state index contributed by atoms with van der Waals surface area (Å²) < 4.78 is 0. The molecule has 0 atom stereocenters. The van der Waals surface area contributed by atoms with Gasteiger partial charge in [-0.2, -0.15) is 0 Å². The van der Waals surface area contributed by atoms with Gasteiger partial charge in [-0.25, -0.2) is 0 Å². The first kappa shape index (κ1) is 11.0. The molecule has 3 N–H and O–H groups in total. The highest BCUT2D eigenvalue weighted by molar-refractivity contribution is 4.84. The SMILES string of the molecule is CCNCCC1(CN)CCCCC1. The molecule has 0 aromatic rings. The van der Waals surface area contributed by atoms with E-state index in [9.17, 15) is 0 Å². The first-order valence-corrected chi connectivity index (χ1v) is 5.74. The number of hydrogen-bond donors (Lipinski definition) is 2. The van der Waals surface area contributed by atoms with Crippen LogP contribution in [0, 0.1) is 5.41 Å². The van der Waals surface area contributed by atoms with Crippen LogP contribution in [0.25, 0.3) is 0 Å². The molecular weight excluding hydrogens is 160 g/mol. The Balaban J connectivity index is 2.29. The molecule has 2 nitrogen and oxygen atoms in total. The lowest BCUT2D eigenvalue weighted by Gasteiger charge is -2.36. The lowest BCUT2D eigenvalue weighted by atomic mass is 9.72. The smallest absolute Gasteiger partial charge is 0.00201 e. The van der Waals surface area contributed by atoms with E-state index < -0.39 is 0 Å². The summed E-state index contributed by atoms with van der Waals surface area (Å²) in [7, 11) is 0. The van der Waals surface area contributed by atoms with Crippen LogP contribution in [0.3, 0.4) is 0 Å². The topological polar surface area (TPSA) is 38.0 Å². The van der Waals surface area contributed by atoms with Crippen LogP contribution in [0.4, 0.5) is 0 Å². The summed E-state index contributed by atoms with van der Waals surface area (Å²) in [6.07, 6.45) is 8.19. The van der Waals surface area contributed by atoms with E-state index in [1.807, 2.05) is 0 Å². The quantitative estimate of drug-likeness (QED) is 0.640. The minimum absolute atomic E-state index is 0.487. The summed E-state index contributed by atoms with van der Waals surface area (Å²) in [6.45, 7) is 5.28. The van der Waals surface area contributed by atoms with Gasteiger partial charge in [0.25, 0.3) is 0 Å². The van der Waals surface area contributed by atoms with Crippen molar-refractivity contribution >= 4 is 0 Å². The Kier molecular flexibility index (Phi) is 4.74. The molecule has 0 bridgehead atoms. The van der Waals surface area contributed by atoms with Crippen LogP contribution in [-0.4, -0.2) is 19.6 Å². The molecule has 2 heteroatoms. The van der Waals surface area contributed by atoms with Crippen LogP contribution in [0.2, 0.25) is 0 Å². The van der Waals surface area contributed by atoms with Crippen molar-refractivity contribution in [3.8, 4) is 0 Å². The molecule has 1 aliphatic carbocycles. The van der Waals surface area contributed by atoms with Crippen molar-refractivity contribution < 1.29 is 0 Å². The minimum atomic E-state index is 0.487. The Morgan fingerprint density at radius 1 is 1.23 bits per heavy atom. The maximum Gasteiger partial charge on any atom is -0.00201 e. The molecule has 0 saturated heterocycles. The third-order valence-electron chi connectivity index (χ3n) is 3.43. The number of hydrogen-bond acceptors (Lipinski definition) is 2. The van der Waals surface area contributed by atoms with Crippen LogP contribution < -0.4 is 11.1 Å². The second-order valence-corrected chi connectivity index (χ2v) is 4.37. The Morgan fingerprint density at radius 2 is 1.92 bits per heavy atom. The highest BCUT2D eigenvalue weighted by atomic mass is 14.8. The molecule has 1 rings (SSSR count). The van der Waals surface area contributed by atoms with E-state index in [-0.39, 0.29) is 0 Å². The average molecular weight is 184 g/mol. The van der Waals surface area contributed by atoms with E-state index in [4.69, 9.17) is 5.73 Å². The fourth-order valence-electron chi connectivity index (χ4n) is 2.39. The first-order valence-electron chi connectivity index (χ1n) is 5.74. The van der Waals surface area contributed by atoms with Gasteiger partial charge in [0.15, 0.2) is 0 Å². The van der Waals surface area contributed by atoms with E-state index in [2.05, 4.69) is 12.2 Å². The molecule has 13 heavy (non-hydrogen) atoms. The third-order valence-corrected chi connectivity index (χ3v) is 3.43. The fraction of sp³-hybridized carbons (Fsp3) is 1.00. The van der Waals surface area contributed by atoms with E-state index in [0.29, 0.717) is 5.41 Å². The van der Waals surface area contributed by atoms with E-state index in [1.165, 1.54) is 38.5 Å². The highest BCUT2D eigenvalue weighted by Gasteiger charge is 2.29. The largest absolute Gasteiger partial charge is 0.330 e. The van der Waals surface area contributed by atoms with Crippen molar-refractivity contribution in [1.82, 2.24) is 5.32 Å². The number of rotatable bonds is 5. The summed E-state index contributed by atoms with van der Waals surface area (Å²) in [5, 5.41) is 3.40. The maximum atomic E-state index is 5.89. The van der Waals surface area contributed by atoms with Crippen molar-refractivity contribution in [2.45, 2.75) is 45.4 Å². The second kappa shape index (κ2) is 5.61. The zero-order valence-corrected chi connectivity index (χ0v) is 8.94. The molecule has 0 amide bonds. The molecule has 78 valence electrons. The molecule has 0 aromatic heterocycles. The van der Waals surface area contributed by atoms with Gasteiger partial charge in [0.2, 0.25) is 0 Å². The molecule has 1 saturated carbocycles. The molecule has 0 heterocycles. The van der Waals surface area contributed by atoms with Crippen LogP contribution in [0.5, 0.6) is 0 Å². The van der Waals surface area contributed by atoms with Gasteiger partial charge in [-0.05, 0) is 44.3 Å². The molecule has 1 fully saturated rings. The van der Waals surface area contributed by atoms with Gasteiger partial charge in [-0.15, -0.1) is 0 Å². The molecular formula is C11H24N2. The van der Waals surface area contributed by atoms with E-state index in [0.717, 1.165) is 19.6 Å². The maximum absolute atomic E-state index is 5.89. The second-order valence-electron chi connectivity index (χ2n) is 4.37. The Bertz CT molecular complexity index is 128. The predicted molar refractivity (Wildman–Crippen MR) is 57.7 cm³/mol.